The molecule has 0 radical (unpaired) electrons. The van der Waals surface area contributed by atoms with Gasteiger partial charge in [0.05, 0.1) is 13.1 Å². The summed E-state index contributed by atoms with van der Waals surface area (Å²) in [6.07, 6.45) is -0.336. The normalized spacial score (nSPS) is 17.0. The van der Waals surface area contributed by atoms with Gasteiger partial charge >= 0.3 is 6.09 Å². The summed E-state index contributed by atoms with van der Waals surface area (Å²) in [4.78, 5) is 28.8. The molecule has 1 aliphatic heterocycles. The number of carbonyl (C=O) groups excluding carboxylic acids is 1. The smallest absolute Gasteiger partial charge is 0.407 e. The lowest BCUT2D eigenvalue weighted by molar-refractivity contribution is -0.571. The van der Waals surface area contributed by atoms with E-state index in [4.69, 9.17) is 4.74 Å². The van der Waals surface area contributed by atoms with Gasteiger partial charge in [-0.1, -0.05) is 60.7 Å². The Morgan fingerprint density at radius 1 is 0.971 bits per heavy atom. The number of ether oxygens (including phenoxy) is 1. The highest BCUT2D eigenvalue weighted by atomic mass is 16.6. The van der Waals surface area contributed by atoms with Gasteiger partial charge in [0.2, 0.25) is 5.54 Å². The number of amides is 1. The minimum atomic E-state index is -1.21. The molecule has 0 atom stereocenters. The van der Waals surface area contributed by atoms with Crippen LogP contribution in [0, 0.1) is 10.1 Å². The molecule has 1 heterocycles. The van der Waals surface area contributed by atoms with E-state index in [2.05, 4.69) is 15.1 Å². The van der Waals surface area contributed by atoms with Crippen molar-refractivity contribution in [1.29, 1.82) is 0 Å². The van der Waals surface area contributed by atoms with Crippen molar-refractivity contribution in [2.45, 2.75) is 51.4 Å². The first kappa shape index (κ1) is 25.6. The standard InChI is InChI=1S/C26H36N4O4/c1-25(2,3)34-24(31)27-15-14-26(30(32)33)20-28(18-22-10-6-4-7-11-22)16-17-29(21-26)19-23-12-8-5-9-13-23/h4-13H,14-21H2,1-3H3,(H,27,31). The fourth-order valence-corrected chi connectivity index (χ4v) is 4.35. The Kier molecular flexibility index (Phi) is 8.63. The maximum absolute atomic E-state index is 12.5. The van der Waals surface area contributed by atoms with E-state index < -0.39 is 17.2 Å². The number of carbonyl (C=O) groups is 1. The van der Waals surface area contributed by atoms with Crippen molar-refractivity contribution >= 4 is 6.09 Å². The number of rotatable bonds is 8. The average Bonchev–Trinajstić information content (AvgIpc) is 2.94. The summed E-state index contributed by atoms with van der Waals surface area (Å²) in [7, 11) is 0. The average molecular weight is 469 g/mol. The molecule has 8 heteroatoms. The summed E-state index contributed by atoms with van der Waals surface area (Å²) < 4.78 is 5.30. The SMILES string of the molecule is CC(C)(C)OC(=O)NCCC1([N+](=O)[O-])CN(Cc2ccccc2)CCN(Cc2ccccc2)C1. The predicted molar refractivity (Wildman–Crippen MR) is 132 cm³/mol. The van der Waals surface area contributed by atoms with E-state index in [9.17, 15) is 14.9 Å². The van der Waals surface area contributed by atoms with Crippen molar-refractivity contribution in [3.8, 4) is 0 Å². The molecule has 8 nitrogen and oxygen atoms in total. The Hall–Kier alpha value is -2.97. The highest BCUT2D eigenvalue weighted by Gasteiger charge is 2.47. The van der Waals surface area contributed by atoms with Crippen molar-refractivity contribution in [2.24, 2.45) is 0 Å². The molecule has 1 saturated heterocycles. The number of nitro groups is 1. The van der Waals surface area contributed by atoms with Crippen molar-refractivity contribution in [1.82, 2.24) is 15.1 Å². The maximum Gasteiger partial charge on any atom is 0.407 e. The van der Waals surface area contributed by atoms with E-state index in [0.717, 1.165) is 24.2 Å². The third-order valence-electron chi connectivity index (χ3n) is 5.91. The van der Waals surface area contributed by atoms with Crippen LogP contribution in [-0.2, 0) is 17.8 Å². The van der Waals surface area contributed by atoms with Crippen LogP contribution in [0.15, 0.2) is 60.7 Å². The Morgan fingerprint density at radius 3 is 1.85 bits per heavy atom. The molecule has 0 unspecified atom stereocenters. The zero-order valence-electron chi connectivity index (χ0n) is 20.4. The predicted octanol–water partition coefficient (Wildman–Crippen LogP) is 3.93. The summed E-state index contributed by atoms with van der Waals surface area (Å²) in [5.74, 6) is 0. The van der Waals surface area contributed by atoms with Gasteiger partial charge in [-0.3, -0.25) is 19.9 Å². The lowest BCUT2D eigenvalue weighted by atomic mass is 9.94. The first-order chi connectivity index (χ1) is 16.2. The molecule has 1 fully saturated rings. The summed E-state index contributed by atoms with van der Waals surface area (Å²) in [6.45, 7) is 8.94. The second-order valence-electron chi connectivity index (χ2n) is 10.1. The highest BCUT2D eigenvalue weighted by molar-refractivity contribution is 5.67. The Bertz CT molecular complexity index is 879. The second kappa shape index (κ2) is 11.4. The Balaban J connectivity index is 1.77. The molecule has 1 aliphatic rings. The topological polar surface area (TPSA) is 87.9 Å². The van der Waals surface area contributed by atoms with Gasteiger partial charge in [-0.15, -0.1) is 0 Å². The third kappa shape index (κ3) is 7.81. The van der Waals surface area contributed by atoms with Gasteiger partial charge in [0.1, 0.15) is 5.60 Å². The van der Waals surface area contributed by atoms with Gasteiger partial charge < -0.3 is 10.1 Å². The Morgan fingerprint density at radius 2 is 1.44 bits per heavy atom. The molecule has 0 spiro atoms. The molecule has 0 aromatic heterocycles. The van der Waals surface area contributed by atoms with E-state index in [1.807, 2.05) is 60.7 Å². The number of nitrogens with zero attached hydrogens (tertiary/aromatic N) is 3. The molecule has 1 N–H and O–H groups in total. The summed E-state index contributed by atoms with van der Waals surface area (Å²) in [5, 5.41) is 15.3. The van der Waals surface area contributed by atoms with Crippen LogP contribution in [0.3, 0.4) is 0 Å². The molecule has 0 aliphatic carbocycles. The van der Waals surface area contributed by atoms with Gasteiger partial charge in [0.15, 0.2) is 0 Å². The lowest BCUT2D eigenvalue weighted by Crippen LogP contribution is -2.54. The molecule has 2 aromatic carbocycles. The van der Waals surface area contributed by atoms with Crippen LogP contribution < -0.4 is 5.32 Å². The molecule has 0 bridgehead atoms. The van der Waals surface area contributed by atoms with E-state index in [0.29, 0.717) is 26.2 Å². The monoisotopic (exact) mass is 468 g/mol. The van der Waals surface area contributed by atoms with Crippen molar-refractivity contribution in [2.75, 3.05) is 32.7 Å². The minimum Gasteiger partial charge on any atom is -0.444 e. The van der Waals surface area contributed by atoms with Crippen molar-refractivity contribution < 1.29 is 14.5 Å². The first-order valence-corrected chi connectivity index (χ1v) is 11.8. The van der Waals surface area contributed by atoms with Crippen LogP contribution in [0.5, 0.6) is 0 Å². The summed E-state index contributed by atoms with van der Waals surface area (Å²) in [6, 6.07) is 20.1. The lowest BCUT2D eigenvalue weighted by Gasteiger charge is -2.31. The molecule has 0 saturated carbocycles. The number of alkyl carbamates (subject to hydrolysis) is 1. The van der Waals surface area contributed by atoms with Crippen LogP contribution in [0.1, 0.15) is 38.3 Å². The molecule has 3 rings (SSSR count). The van der Waals surface area contributed by atoms with Gasteiger partial charge in [0.25, 0.3) is 0 Å². The molecular formula is C26H36N4O4. The number of nitrogens with one attached hydrogen (secondary N) is 1. The van der Waals surface area contributed by atoms with E-state index in [1.54, 1.807) is 20.8 Å². The van der Waals surface area contributed by atoms with E-state index >= 15 is 0 Å². The van der Waals surface area contributed by atoms with E-state index in [-0.39, 0.29) is 17.9 Å². The van der Waals surface area contributed by atoms with Gasteiger partial charge in [-0.25, -0.2) is 4.79 Å². The van der Waals surface area contributed by atoms with Crippen molar-refractivity contribution in [3.05, 3.63) is 81.9 Å². The van der Waals surface area contributed by atoms with Crippen LogP contribution in [-0.4, -0.2) is 64.7 Å². The second-order valence-corrected chi connectivity index (χ2v) is 10.1. The van der Waals surface area contributed by atoms with E-state index in [1.165, 1.54) is 0 Å². The number of benzene rings is 2. The van der Waals surface area contributed by atoms with Crippen LogP contribution in [0.2, 0.25) is 0 Å². The molecule has 1 amide bonds. The first-order valence-electron chi connectivity index (χ1n) is 11.8. The van der Waals surface area contributed by atoms with Crippen molar-refractivity contribution in [3.63, 3.8) is 0 Å². The number of hydrogen-bond donors (Lipinski definition) is 1. The fraction of sp³-hybridized carbons (Fsp3) is 0.500. The third-order valence-corrected chi connectivity index (χ3v) is 5.91. The van der Waals surface area contributed by atoms with Gasteiger partial charge in [-0.05, 0) is 31.9 Å². The van der Waals surface area contributed by atoms with Gasteiger partial charge in [-0.2, -0.15) is 0 Å². The van der Waals surface area contributed by atoms with Crippen LogP contribution in [0.4, 0.5) is 4.79 Å². The van der Waals surface area contributed by atoms with Crippen LogP contribution >= 0.6 is 0 Å². The highest BCUT2D eigenvalue weighted by Crippen LogP contribution is 2.24. The largest absolute Gasteiger partial charge is 0.444 e. The fourth-order valence-electron chi connectivity index (χ4n) is 4.35. The minimum absolute atomic E-state index is 0.148. The summed E-state index contributed by atoms with van der Waals surface area (Å²) in [5.41, 5.74) is 0.424. The zero-order chi connectivity index (χ0) is 24.6. The Labute approximate surface area is 202 Å². The quantitative estimate of drug-likeness (QED) is 0.466. The molecule has 2 aromatic rings. The molecule has 184 valence electrons. The maximum atomic E-state index is 12.5. The van der Waals surface area contributed by atoms with Gasteiger partial charge in [0, 0.05) is 44.1 Å². The molecule has 34 heavy (non-hydrogen) atoms. The zero-order valence-corrected chi connectivity index (χ0v) is 20.4. The van der Waals surface area contributed by atoms with Crippen LogP contribution in [0.25, 0.3) is 0 Å². The number of hydrogen-bond acceptors (Lipinski definition) is 6. The molecular weight excluding hydrogens is 432 g/mol. The summed E-state index contributed by atoms with van der Waals surface area (Å²) >= 11 is 0.